The second-order valence-corrected chi connectivity index (χ2v) is 4.57. The van der Waals surface area contributed by atoms with Crippen molar-refractivity contribution in [1.29, 1.82) is 0 Å². The predicted molar refractivity (Wildman–Crippen MR) is 67.8 cm³/mol. The van der Waals surface area contributed by atoms with Crippen molar-refractivity contribution in [2.45, 2.75) is 6.92 Å². The summed E-state index contributed by atoms with van der Waals surface area (Å²) in [6.45, 7) is 5.91. The molecule has 76 valence electrons. The fourth-order valence-corrected chi connectivity index (χ4v) is 2.53. The van der Waals surface area contributed by atoms with Gasteiger partial charge in [-0.3, -0.25) is 0 Å². The quantitative estimate of drug-likeness (QED) is 0.772. The highest BCUT2D eigenvalue weighted by Crippen LogP contribution is 2.19. The van der Waals surface area contributed by atoms with Crippen molar-refractivity contribution in [2.24, 2.45) is 5.73 Å². The third kappa shape index (κ3) is 1.95. The Morgan fingerprint density at radius 2 is 1.93 bits per heavy atom. The summed E-state index contributed by atoms with van der Waals surface area (Å²) in [4.78, 5) is 1.22. The first-order chi connectivity index (χ1) is 7.18. The maximum atomic E-state index is 5.79. The fraction of sp³-hybridized carbons (Fsp3) is 0.0769. The second kappa shape index (κ2) is 3.91. The molecule has 0 unspecified atom stereocenters. The molecular weight excluding hydrogens is 202 g/mol. The van der Waals surface area contributed by atoms with Crippen LogP contribution >= 0.6 is 11.3 Å². The molecule has 0 saturated heterocycles. The van der Waals surface area contributed by atoms with Crippen molar-refractivity contribution >= 4 is 23.6 Å². The number of thiophene rings is 1. The number of rotatable bonds is 1. The molecule has 0 fully saturated rings. The summed E-state index contributed by atoms with van der Waals surface area (Å²) in [7, 11) is 0. The van der Waals surface area contributed by atoms with Crippen molar-refractivity contribution < 1.29 is 0 Å². The van der Waals surface area contributed by atoms with Crippen LogP contribution < -0.4 is 15.5 Å². The third-order valence-electron chi connectivity index (χ3n) is 2.23. The first kappa shape index (κ1) is 9.99. The second-order valence-electron chi connectivity index (χ2n) is 3.51. The molecule has 0 amide bonds. The highest BCUT2D eigenvalue weighted by Gasteiger charge is 2.00. The molecule has 0 aliphatic carbocycles. The summed E-state index contributed by atoms with van der Waals surface area (Å²) in [5, 5.41) is 1.01. The molecule has 15 heavy (non-hydrogen) atoms. The summed E-state index contributed by atoms with van der Waals surface area (Å²) in [6.07, 6.45) is 0. The van der Waals surface area contributed by atoms with E-state index < -0.39 is 0 Å². The molecule has 2 rings (SSSR count). The third-order valence-corrected chi connectivity index (χ3v) is 3.59. The zero-order valence-electron chi connectivity index (χ0n) is 8.66. The SMILES string of the molecule is C=c1cc(-c2ccccc2)s/c1=C(/C)N. The molecule has 0 radical (unpaired) electrons. The summed E-state index contributed by atoms with van der Waals surface area (Å²) in [5.74, 6) is 0. The molecule has 1 nitrogen and oxygen atoms in total. The van der Waals surface area contributed by atoms with E-state index in [1.165, 1.54) is 10.4 Å². The smallest absolute Gasteiger partial charge is 0.0527 e. The number of nitrogens with two attached hydrogens (primary N) is 1. The van der Waals surface area contributed by atoms with E-state index >= 15 is 0 Å². The predicted octanol–water partition coefficient (Wildman–Crippen LogP) is 1.91. The lowest BCUT2D eigenvalue weighted by Gasteiger charge is -1.93. The summed E-state index contributed by atoms with van der Waals surface area (Å²) in [5.41, 5.74) is 7.86. The molecule has 1 heterocycles. The molecule has 1 aromatic heterocycles. The van der Waals surface area contributed by atoms with E-state index in [2.05, 4.69) is 24.8 Å². The van der Waals surface area contributed by atoms with Crippen LogP contribution in [0.25, 0.3) is 22.7 Å². The van der Waals surface area contributed by atoms with Gasteiger partial charge in [0.25, 0.3) is 0 Å². The van der Waals surface area contributed by atoms with Crippen molar-refractivity contribution in [3.63, 3.8) is 0 Å². The van der Waals surface area contributed by atoms with Crippen LogP contribution in [0.4, 0.5) is 0 Å². The van der Waals surface area contributed by atoms with Gasteiger partial charge in [-0.05, 0) is 23.8 Å². The van der Waals surface area contributed by atoms with E-state index in [-0.39, 0.29) is 0 Å². The minimum absolute atomic E-state index is 0.840. The molecular formula is C13H13NS. The van der Waals surface area contributed by atoms with Crippen molar-refractivity contribution in [3.05, 3.63) is 46.1 Å². The average Bonchev–Trinajstić information content (AvgIpc) is 2.62. The lowest BCUT2D eigenvalue weighted by atomic mass is 10.2. The van der Waals surface area contributed by atoms with Crippen molar-refractivity contribution in [2.75, 3.05) is 0 Å². The summed E-state index contributed by atoms with van der Waals surface area (Å²) in [6, 6.07) is 12.4. The van der Waals surface area contributed by atoms with Crippen LogP contribution in [0.3, 0.4) is 0 Å². The van der Waals surface area contributed by atoms with E-state index in [0.717, 1.165) is 15.4 Å². The minimum atomic E-state index is 0.840. The van der Waals surface area contributed by atoms with Crippen LogP contribution in [-0.4, -0.2) is 0 Å². The molecule has 2 N–H and O–H groups in total. The van der Waals surface area contributed by atoms with Gasteiger partial charge < -0.3 is 5.73 Å². The minimum Gasteiger partial charge on any atom is -0.401 e. The van der Waals surface area contributed by atoms with Gasteiger partial charge in [0.2, 0.25) is 0 Å². The molecule has 2 aromatic rings. The van der Waals surface area contributed by atoms with Crippen molar-refractivity contribution in [3.8, 4) is 10.4 Å². The van der Waals surface area contributed by atoms with Crippen LogP contribution in [0.2, 0.25) is 0 Å². The molecule has 0 atom stereocenters. The Labute approximate surface area is 93.2 Å². The lowest BCUT2D eigenvalue weighted by Crippen LogP contribution is -2.21. The zero-order chi connectivity index (χ0) is 10.8. The Kier molecular flexibility index (Phi) is 2.60. The fourth-order valence-electron chi connectivity index (χ4n) is 1.51. The Balaban J connectivity index is 2.64. The van der Waals surface area contributed by atoms with Gasteiger partial charge in [0.05, 0.1) is 4.53 Å². The number of hydrogen-bond acceptors (Lipinski definition) is 2. The normalized spacial score (nSPS) is 12.6. The van der Waals surface area contributed by atoms with Gasteiger partial charge in [-0.1, -0.05) is 36.9 Å². The van der Waals surface area contributed by atoms with E-state index in [9.17, 15) is 0 Å². The summed E-state index contributed by atoms with van der Waals surface area (Å²) < 4.78 is 1.09. The molecule has 0 aliphatic heterocycles. The monoisotopic (exact) mass is 215 g/mol. The molecule has 0 saturated carbocycles. The van der Waals surface area contributed by atoms with E-state index in [0.29, 0.717) is 0 Å². The van der Waals surface area contributed by atoms with Crippen LogP contribution in [-0.2, 0) is 0 Å². The maximum Gasteiger partial charge on any atom is 0.0527 e. The Hall–Kier alpha value is -1.54. The van der Waals surface area contributed by atoms with Gasteiger partial charge in [0.1, 0.15) is 0 Å². The topological polar surface area (TPSA) is 26.0 Å². The first-order valence-electron chi connectivity index (χ1n) is 4.79. The van der Waals surface area contributed by atoms with Crippen molar-refractivity contribution in [1.82, 2.24) is 0 Å². The maximum absolute atomic E-state index is 5.79. The number of benzene rings is 1. The largest absolute Gasteiger partial charge is 0.401 e. The highest BCUT2D eigenvalue weighted by atomic mass is 32.1. The molecule has 0 aliphatic rings. The highest BCUT2D eigenvalue weighted by molar-refractivity contribution is 7.13. The first-order valence-corrected chi connectivity index (χ1v) is 5.61. The lowest BCUT2D eigenvalue weighted by molar-refractivity contribution is 1.49. The van der Waals surface area contributed by atoms with Crippen LogP contribution in [0.1, 0.15) is 6.92 Å². The van der Waals surface area contributed by atoms with Gasteiger partial charge in [-0.2, -0.15) is 0 Å². The van der Waals surface area contributed by atoms with Crippen LogP contribution in [0.5, 0.6) is 0 Å². The van der Waals surface area contributed by atoms with E-state index in [4.69, 9.17) is 5.73 Å². The van der Waals surface area contributed by atoms with Gasteiger partial charge in [-0.15, -0.1) is 11.3 Å². The van der Waals surface area contributed by atoms with E-state index in [1.54, 1.807) is 11.3 Å². The number of hydrogen-bond donors (Lipinski definition) is 1. The van der Waals surface area contributed by atoms with Gasteiger partial charge in [0, 0.05) is 10.6 Å². The van der Waals surface area contributed by atoms with Crippen LogP contribution in [0, 0.1) is 0 Å². The summed E-state index contributed by atoms with van der Waals surface area (Å²) >= 11 is 1.70. The Morgan fingerprint density at radius 3 is 2.47 bits per heavy atom. The molecule has 0 bridgehead atoms. The van der Waals surface area contributed by atoms with Gasteiger partial charge >= 0.3 is 0 Å². The van der Waals surface area contributed by atoms with Gasteiger partial charge in [-0.25, -0.2) is 0 Å². The van der Waals surface area contributed by atoms with Crippen LogP contribution in [0.15, 0.2) is 36.4 Å². The van der Waals surface area contributed by atoms with E-state index in [1.807, 2.05) is 25.1 Å². The molecule has 1 aromatic carbocycles. The molecule has 0 spiro atoms. The zero-order valence-corrected chi connectivity index (χ0v) is 9.47. The van der Waals surface area contributed by atoms with Gasteiger partial charge in [0.15, 0.2) is 0 Å². The average molecular weight is 215 g/mol. The standard InChI is InChI=1S/C13H13NS/c1-9-8-12(15-13(9)10(2)14)11-6-4-3-5-7-11/h3-8H,1,14H2,2H3/b13-10-. The Bertz CT molecular complexity index is 562. The Morgan fingerprint density at radius 1 is 1.27 bits per heavy atom. The molecule has 2 heteroatoms.